The second kappa shape index (κ2) is 5.11. The van der Waals surface area contributed by atoms with E-state index in [0.717, 1.165) is 10.5 Å². The van der Waals surface area contributed by atoms with Crippen molar-refractivity contribution < 1.29 is 4.21 Å². The van der Waals surface area contributed by atoms with E-state index in [9.17, 15) is 4.21 Å². The van der Waals surface area contributed by atoms with Crippen molar-refractivity contribution in [3.8, 4) is 0 Å². The molecule has 0 N–H and O–H groups in total. The summed E-state index contributed by atoms with van der Waals surface area (Å²) in [7, 11) is -1.18. The fourth-order valence-electron chi connectivity index (χ4n) is 1.53. The van der Waals surface area contributed by atoms with Crippen molar-refractivity contribution >= 4 is 15.7 Å². The molecule has 0 saturated heterocycles. The van der Waals surface area contributed by atoms with Gasteiger partial charge in [-0.2, -0.15) is 0 Å². The maximum atomic E-state index is 12.2. The molecule has 0 aliphatic rings. The largest absolute Gasteiger partial charge is 0.249 e. The predicted molar refractivity (Wildman–Crippen MR) is 73.1 cm³/mol. The lowest BCUT2D eigenvalue weighted by atomic mass is 10.1. The topological polar surface area (TPSA) is 17.1 Å². The van der Waals surface area contributed by atoms with Crippen LogP contribution in [0.25, 0.3) is 4.91 Å². The van der Waals surface area contributed by atoms with Crippen LogP contribution < -0.4 is 0 Å². The van der Waals surface area contributed by atoms with E-state index < -0.39 is 10.8 Å². The van der Waals surface area contributed by atoms with Crippen LogP contribution in [-0.4, -0.2) is 4.21 Å². The van der Waals surface area contributed by atoms with E-state index in [0.29, 0.717) is 4.91 Å². The Kier molecular flexibility index (Phi) is 3.55. The quantitative estimate of drug-likeness (QED) is 0.800. The van der Waals surface area contributed by atoms with Crippen molar-refractivity contribution in [3.63, 3.8) is 0 Å². The fraction of sp³-hybridized carbons (Fsp3) is 0.0667. The highest BCUT2D eigenvalue weighted by atomic mass is 32.2. The summed E-state index contributed by atoms with van der Waals surface area (Å²) >= 11 is 0. The van der Waals surface area contributed by atoms with Crippen LogP contribution in [-0.2, 0) is 10.8 Å². The van der Waals surface area contributed by atoms with Gasteiger partial charge in [-0.1, -0.05) is 54.6 Å². The van der Waals surface area contributed by atoms with Gasteiger partial charge in [-0.25, -0.2) is 4.21 Å². The van der Waals surface area contributed by atoms with E-state index in [1.807, 2.05) is 61.5 Å². The Morgan fingerprint density at radius 1 is 1.00 bits per heavy atom. The van der Waals surface area contributed by atoms with Gasteiger partial charge in [0.15, 0.2) is 0 Å². The van der Waals surface area contributed by atoms with Crippen molar-refractivity contribution in [1.29, 1.82) is 0 Å². The van der Waals surface area contributed by atoms with Gasteiger partial charge in [0.25, 0.3) is 0 Å². The lowest BCUT2D eigenvalue weighted by molar-refractivity contribution is 0.689. The molecule has 1 unspecified atom stereocenters. The van der Waals surface area contributed by atoms with Crippen molar-refractivity contribution in [1.82, 2.24) is 0 Å². The van der Waals surface area contributed by atoms with E-state index in [1.165, 1.54) is 5.56 Å². The molecule has 86 valence electrons. The van der Waals surface area contributed by atoms with Crippen LogP contribution >= 0.6 is 0 Å². The van der Waals surface area contributed by atoms with Crippen molar-refractivity contribution in [2.24, 2.45) is 0 Å². The van der Waals surface area contributed by atoms with Crippen molar-refractivity contribution in [2.45, 2.75) is 11.8 Å². The standard InChI is InChI=1S/C15H14OS/c1-12-8-10-14(11-9-12)13(2)17(16)15-6-4-3-5-7-15/h3-11H,2H2,1H3. The van der Waals surface area contributed by atoms with E-state index in [2.05, 4.69) is 6.58 Å². The highest BCUT2D eigenvalue weighted by Gasteiger charge is 2.09. The molecule has 0 bridgehead atoms. The van der Waals surface area contributed by atoms with E-state index in [-0.39, 0.29) is 0 Å². The molecule has 2 heteroatoms. The summed E-state index contributed by atoms with van der Waals surface area (Å²) in [5.41, 5.74) is 2.12. The fourth-order valence-corrected chi connectivity index (χ4v) is 2.57. The summed E-state index contributed by atoms with van der Waals surface area (Å²) in [6, 6.07) is 17.3. The molecule has 2 rings (SSSR count). The van der Waals surface area contributed by atoms with Crippen LogP contribution in [0.5, 0.6) is 0 Å². The minimum absolute atomic E-state index is 0.649. The molecular weight excluding hydrogens is 228 g/mol. The van der Waals surface area contributed by atoms with Gasteiger partial charge in [0.2, 0.25) is 0 Å². The first-order valence-corrected chi connectivity index (χ1v) is 6.56. The van der Waals surface area contributed by atoms with E-state index in [4.69, 9.17) is 0 Å². The molecule has 0 fully saturated rings. The Labute approximate surface area is 104 Å². The molecule has 17 heavy (non-hydrogen) atoms. The first kappa shape index (κ1) is 11.8. The molecule has 2 aromatic carbocycles. The maximum absolute atomic E-state index is 12.2. The van der Waals surface area contributed by atoms with Crippen LogP contribution in [0.4, 0.5) is 0 Å². The molecule has 0 amide bonds. The summed E-state index contributed by atoms with van der Waals surface area (Å²) in [5, 5.41) is 0. The van der Waals surface area contributed by atoms with Crippen molar-refractivity contribution in [3.05, 3.63) is 72.3 Å². The lowest BCUT2D eigenvalue weighted by Crippen LogP contribution is -1.94. The molecule has 1 atom stereocenters. The molecule has 0 spiro atoms. The molecule has 2 aromatic rings. The zero-order valence-electron chi connectivity index (χ0n) is 9.72. The van der Waals surface area contributed by atoms with Crippen LogP contribution in [0.3, 0.4) is 0 Å². The highest BCUT2D eigenvalue weighted by molar-refractivity contribution is 7.94. The summed E-state index contributed by atoms with van der Waals surface area (Å²) in [6.45, 7) is 5.96. The average Bonchev–Trinajstić information content (AvgIpc) is 2.39. The van der Waals surface area contributed by atoms with E-state index >= 15 is 0 Å². The normalized spacial score (nSPS) is 12.1. The van der Waals surface area contributed by atoms with Gasteiger partial charge in [0.1, 0.15) is 0 Å². The number of rotatable bonds is 3. The predicted octanol–water partition coefficient (Wildman–Crippen LogP) is 3.77. The Morgan fingerprint density at radius 3 is 2.18 bits per heavy atom. The van der Waals surface area contributed by atoms with Gasteiger partial charge in [-0.05, 0) is 24.6 Å². The van der Waals surface area contributed by atoms with Gasteiger partial charge < -0.3 is 0 Å². The van der Waals surface area contributed by atoms with Crippen LogP contribution in [0, 0.1) is 6.92 Å². The number of benzene rings is 2. The summed E-state index contributed by atoms with van der Waals surface area (Å²) in [4.78, 5) is 1.44. The first-order chi connectivity index (χ1) is 8.18. The highest BCUT2D eigenvalue weighted by Crippen LogP contribution is 2.22. The minimum Gasteiger partial charge on any atom is -0.249 e. The maximum Gasteiger partial charge on any atom is 0.0849 e. The number of aryl methyl sites for hydroxylation is 1. The SMILES string of the molecule is C=C(c1ccc(C)cc1)S(=O)c1ccccc1. The zero-order valence-corrected chi connectivity index (χ0v) is 10.5. The second-order valence-electron chi connectivity index (χ2n) is 3.87. The molecule has 0 aliphatic carbocycles. The van der Waals surface area contributed by atoms with Crippen molar-refractivity contribution in [2.75, 3.05) is 0 Å². The third-order valence-electron chi connectivity index (χ3n) is 2.55. The Bertz CT molecular complexity index is 541. The average molecular weight is 242 g/mol. The summed E-state index contributed by atoms with van der Waals surface area (Å²) in [5.74, 6) is 0. The number of hydrogen-bond acceptors (Lipinski definition) is 1. The van der Waals surface area contributed by atoms with Gasteiger partial charge in [-0.15, -0.1) is 0 Å². The minimum atomic E-state index is -1.18. The number of hydrogen-bond donors (Lipinski definition) is 0. The first-order valence-electron chi connectivity index (χ1n) is 5.41. The lowest BCUT2D eigenvalue weighted by Gasteiger charge is -2.06. The molecule has 1 nitrogen and oxygen atoms in total. The van der Waals surface area contributed by atoms with Crippen LogP contribution in [0.1, 0.15) is 11.1 Å². The molecule has 0 saturated carbocycles. The van der Waals surface area contributed by atoms with Crippen LogP contribution in [0.2, 0.25) is 0 Å². The summed E-state index contributed by atoms with van der Waals surface area (Å²) < 4.78 is 12.2. The van der Waals surface area contributed by atoms with Gasteiger partial charge in [-0.3, -0.25) is 0 Å². The molecule has 0 radical (unpaired) electrons. The van der Waals surface area contributed by atoms with Gasteiger partial charge in [0, 0.05) is 9.80 Å². The zero-order chi connectivity index (χ0) is 12.3. The monoisotopic (exact) mass is 242 g/mol. The molecular formula is C15H14OS. The molecule has 0 aromatic heterocycles. The smallest absolute Gasteiger partial charge is 0.0849 e. The van der Waals surface area contributed by atoms with Gasteiger partial charge in [0.05, 0.1) is 10.8 Å². The summed E-state index contributed by atoms with van der Waals surface area (Å²) in [6.07, 6.45) is 0. The Hall–Kier alpha value is -1.67. The third kappa shape index (κ3) is 2.71. The second-order valence-corrected chi connectivity index (χ2v) is 5.37. The molecule has 0 aliphatic heterocycles. The van der Waals surface area contributed by atoms with Gasteiger partial charge >= 0.3 is 0 Å². The molecule has 0 heterocycles. The Morgan fingerprint density at radius 2 is 1.59 bits per heavy atom. The Balaban J connectivity index is 2.27. The van der Waals surface area contributed by atoms with E-state index in [1.54, 1.807) is 0 Å². The van der Waals surface area contributed by atoms with Crippen LogP contribution in [0.15, 0.2) is 66.1 Å². The third-order valence-corrected chi connectivity index (χ3v) is 3.94.